The van der Waals surface area contributed by atoms with Gasteiger partial charge in [-0.25, -0.2) is 0 Å². The van der Waals surface area contributed by atoms with Crippen LogP contribution in [0.1, 0.15) is 119 Å². The Morgan fingerprint density at radius 3 is 0.952 bits per heavy atom. The van der Waals surface area contributed by atoms with Gasteiger partial charge in [-0.1, -0.05) is 95.6 Å². The fraction of sp³-hybridized carbons (Fsp3) is 0.553. The lowest BCUT2D eigenvalue weighted by Crippen LogP contribution is -1.94. The Bertz CT molecular complexity index is 491. The second kappa shape index (κ2) is 77.1. The van der Waals surface area contributed by atoms with Gasteiger partial charge >= 0.3 is 0 Å². The second-order valence-corrected chi connectivity index (χ2v) is 8.61. The third kappa shape index (κ3) is 208. The van der Waals surface area contributed by atoms with Gasteiger partial charge in [0.2, 0.25) is 0 Å². The molecule has 4 nitrogen and oxygen atoms in total. The number of hydrogen-bond acceptors (Lipinski definition) is 4. The average Bonchev–Trinajstić information content (AvgIpc) is 2.95. The van der Waals surface area contributed by atoms with Gasteiger partial charge in [0.05, 0.1) is 12.2 Å². The number of aliphatic hydroxyl groups is 3. The molecule has 0 fully saturated rings. The summed E-state index contributed by atoms with van der Waals surface area (Å²) in [5, 5.41) is 24.7. The maximum absolute atomic E-state index is 10.2. The van der Waals surface area contributed by atoms with Gasteiger partial charge in [-0.05, 0) is 65.7 Å². The molecule has 42 heavy (non-hydrogen) atoms. The number of carbonyl (C=O) groups is 1. The number of Topliss-reactive ketones (excluding diaryl/α,β-unsaturated/α-hetero) is 1. The second-order valence-electron chi connectivity index (χ2n) is 8.61. The topological polar surface area (TPSA) is 77.8 Å². The van der Waals surface area contributed by atoms with Crippen LogP contribution in [0, 0.1) is 0 Å². The monoisotopic (exact) mass is 595 g/mol. The molecule has 0 amide bonds. The summed E-state index contributed by atoms with van der Waals surface area (Å²) >= 11 is 0. The number of allylic oxidation sites excluding steroid dienone is 5. The number of unbranched alkanes of at least 4 members (excludes halogenated alkanes) is 3. The van der Waals surface area contributed by atoms with Crippen molar-refractivity contribution in [2.24, 2.45) is 0 Å². The van der Waals surface area contributed by atoms with Crippen molar-refractivity contribution >= 4 is 5.78 Å². The van der Waals surface area contributed by atoms with E-state index in [2.05, 4.69) is 80.3 Å². The largest absolute Gasteiger partial charge is 0.396 e. The molecule has 0 radical (unpaired) electrons. The van der Waals surface area contributed by atoms with E-state index in [9.17, 15) is 4.79 Å². The van der Waals surface area contributed by atoms with Crippen LogP contribution >= 0.6 is 0 Å². The zero-order valence-corrected chi connectivity index (χ0v) is 29.2. The maximum Gasteiger partial charge on any atom is 0.130 e. The van der Waals surface area contributed by atoms with Gasteiger partial charge in [0.15, 0.2) is 0 Å². The summed E-state index contributed by atoms with van der Waals surface area (Å²) in [5.41, 5.74) is 0. The van der Waals surface area contributed by atoms with Gasteiger partial charge in [0, 0.05) is 13.0 Å². The Kier molecular flexibility index (Phi) is 108. The zero-order valence-electron chi connectivity index (χ0n) is 29.2. The van der Waals surface area contributed by atoms with Crippen molar-refractivity contribution in [3.05, 3.63) is 101 Å². The lowest BCUT2D eigenvalue weighted by atomic mass is 10.2. The number of hydrogen-bond donors (Lipinski definition) is 3. The van der Waals surface area contributed by atoms with E-state index in [1.54, 1.807) is 39.0 Å². The molecular formula is C38H74O4. The Morgan fingerprint density at radius 1 is 0.619 bits per heavy atom. The van der Waals surface area contributed by atoms with Crippen molar-refractivity contribution in [3.8, 4) is 0 Å². The molecule has 0 spiro atoms. The number of rotatable bonds is 15. The molecule has 0 aromatic carbocycles. The summed E-state index contributed by atoms with van der Waals surface area (Å²) in [6.07, 6.45) is 24.8. The number of carbonyl (C=O) groups excluding carboxylic acids is 1. The Balaban J connectivity index is -0.0000000527. The summed E-state index contributed by atoms with van der Waals surface area (Å²) in [5.74, 6) is 0.236. The van der Waals surface area contributed by atoms with Crippen LogP contribution < -0.4 is 0 Å². The summed E-state index contributed by atoms with van der Waals surface area (Å²) in [4.78, 5) is 10.2. The van der Waals surface area contributed by atoms with Gasteiger partial charge in [-0.3, -0.25) is 0 Å². The van der Waals surface area contributed by atoms with Crippen molar-refractivity contribution in [2.75, 3.05) is 6.61 Å². The molecule has 0 saturated carbocycles. The van der Waals surface area contributed by atoms with Crippen molar-refractivity contribution in [2.45, 2.75) is 131 Å². The highest BCUT2D eigenvalue weighted by Crippen LogP contribution is 1.88. The van der Waals surface area contributed by atoms with Crippen LogP contribution in [0.25, 0.3) is 0 Å². The van der Waals surface area contributed by atoms with Crippen molar-refractivity contribution in [1.29, 1.82) is 0 Å². The first-order valence-corrected chi connectivity index (χ1v) is 15.2. The molecule has 0 aromatic heterocycles. The quantitative estimate of drug-likeness (QED) is 0.165. The molecule has 0 bridgehead atoms. The van der Waals surface area contributed by atoms with Crippen molar-refractivity contribution < 1.29 is 20.1 Å². The zero-order chi connectivity index (χ0) is 34.9. The summed E-state index contributed by atoms with van der Waals surface area (Å²) in [7, 11) is 0. The van der Waals surface area contributed by atoms with Crippen LogP contribution in [0.15, 0.2) is 101 Å². The molecule has 3 N–H and O–H groups in total. The molecule has 0 heterocycles. The van der Waals surface area contributed by atoms with Crippen LogP contribution in [0.5, 0.6) is 0 Å². The highest BCUT2D eigenvalue weighted by molar-refractivity contribution is 5.75. The fourth-order valence-electron chi connectivity index (χ4n) is 1.25. The molecule has 0 rings (SSSR count). The predicted molar refractivity (Wildman–Crippen MR) is 196 cm³/mol. The number of aliphatic hydroxyl groups excluding tert-OH is 3. The van der Waals surface area contributed by atoms with Gasteiger partial charge in [-0.15, -0.1) is 52.6 Å². The molecule has 0 aliphatic rings. The molecule has 0 saturated heterocycles. The smallest absolute Gasteiger partial charge is 0.130 e. The molecule has 2 unspecified atom stereocenters. The fourth-order valence-corrected chi connectivity index (χ4v) is 1.25. The van der Waals surface area contributed by atoms with Crippen LogP contribution in [-0.2, 0) is 4.79 Å². The van der Waals surface area contributed by atoms with Crippen molar-refractivity contribution in [3.63, 3.8) is 0 Å². The molecule has 4 heteroatoms. The minimum atomic E-state index is -0.352. The van der Waals surface area contributed by atoms with Gasteiger partial charge in [0.1, 0.15) is 5.78 Å². The first-order chi connectivity index (χ1) is 19.9. The van der Waals surface area contributed by atoms with Crippen LogP contribution in [-0.4, -0.2) is 39.9 Å². The van der Waals surface area contributed by atoms with E-state index in [0.717, 1.165) is 32.1 Å². The lowest BCUT2D eigenvalue weighted by Gasteiger charge is -1.92. The molecule has 0 aromatic rings. The minimum absolute atomic E-state index is 0.220. The molecule has 0 aliphatic carbocycles. The molecule has 0 aliphatic heterocycles. The van der Waals surface area contributed by atoms with Crippen LogP contribution in [0.3, 0.4) is 0 Å². The van der Waals surface area contributed by atoms with E-state index in [-0.39, 0.29) is 24.6 Å². The molecule has 250 valence electrons. The summed E-state index contributed by atoms with van der Waals surface area (Å²) in [6, 6.07) is 0. The number of ketones is 1. The van der Waals surface area contributed by atoms with E-state index in [0.29, 0.717) is 19.3 Å². The molecule has 2 atom stereocenters. The summed E-state index contributed by atoms with van der Waals surface area (Å²) in [6.45, 7) is 41.4. The van der Waals surface area contributed by atoms with Crippen LogP contribution in [0.4, 0.5) is 0 Å². The van der Waals surface area contributed by atoms with Gasteiger partial charge < -0.3 is 20.1 Å². The third-order valence-electron chi connectivity index (χ3n) is 3.65. The molecular weight excluding hydrogens is 520 g/mol. The highest BCUT2D eigenvalue weighted by atomic mass is 16.3. The standard InChI is InChI=1S/C6H10O.C5H10O.3C5H10.2C4H8O.C4H8/c1-3-4-5-6(2)7;1-3-4-5(2)6;3*1-3-5-4-2;1-3-4(2)5;1-2-3-4-5;1-3-4-2/h3H,1,4-5H2,2H3;3,5-6H,1,4H2,2H3;3*3H,1,4-5H2,2H3;3-5H,1H2,2H3;2,5H,1,3-4H2;3H,1,4H2,2H3. The van der Waals surface area contributed by atoms with Gasteiger partial charge in [-0.2, -0.15) is 0 Å². The van der Waals surface area contributed by atoms with E-state index in [4.69, 9.17) is 15.3 Å². The predicted octanol–water partition coefficient (Wildman–Crippen LogP) is 11.1. The Hall–Kier alpha value is -2.53. The normalized spacial score (nSPS) is 9.10. The van der Waals surface area contributed by atoms with Crippen LogP contribution in [0.2, 0.25) is 0 Å². The van der Waals surface area contributed by atoms with E-state index in [1.165, 1.54) is 25.3 Å². The van der Waals surface area contributed by atoms with E-state index in [1.807, 2.05) is 24.3 Å². The van der Waals surface area contributed by atoms with Crippen molar-refractivity contribution in [1.82, 2.24) is 0 Å². The van der Waals surface area contributed by atoms with Gasteiger partial charge in [0.25, 0.3) is 0 Å². The van der Waals surface area contributed by atoms with E-state index < -0.39 is 0 Å². The SMILES string of the molecule is C=CC(C)O.C=CCC.C=CCC(C)O.C=CCCC.C=CCCC.C=CCCC.C=CCCC(C)=O.C=CCCO. The first-order valence-electron chi connectivity index (χ1n) is 15.2. The summed E-state index contributed by atoms with van der Waals surface area (Å²) < 4.78 is 0. The Morgan fingerprint density at radius 2 is 0.929 bits per heavy atom. The maximum atomic E-state index is 10.2. The lowest BCUT2D eigenvalue weighted by molar-refractivity contribution is -0.116. The minimum Gasteiger partial charge on any atom is -0.396 e. The highest BCUT2D eigenvalue weighted by Gasteiger charge is 1.85. The third-order valence-corrected chi connectivity index (χ3v) is 3.65. The average molecular weight is 595 g/mol. The first kappa shape index (κ1) is 59.0. The Labute approximate surface area is 264 Å². The van der Waals surface area contributed by atoms with E-state index >= 15 is 0 Å².